The Morgan fingerprint density at radius 3 is 2.76 bits per heavy atom. The molecule has 0 amide bonds. The van der Waals surface area contributed by atoms with Gasteiger partial charge in [0.1, 0.15) is 5.03 Å². The molecule has 0 aliphatic heterocycles. The van der Waals surface area contributed by atoms with Crippen LogP contribution in [0.15, 0.2) is 44.7 Å². The average molecular weight is 312 g/mol. The fourth-order valence-electron chi connectivity index (χ4n) is 1.22. The van der Waals surface area contributed by atoms with Crippen molar-refractivity contribution in [1.82, 2.24) is 9.97 Å². The largest absolute Gasteiger partial charge is 0.481 e. The van der Waals surface area contributed by atoms with Gasteiger partial charge >= 0.3 is 0 Å². The van der Waals surface area contributed by atoms with Crippen molar-refractivity contribution in [3.05, 3.63) is 34.8 Å². The minimum Gasteiger partial charge on any atom is -0.481 e. The van der Waals surface area contributed by atoms with Gasteiger partial charge in [-0.2, -0.15) is 4.98 Å². The van der Waals surface area contributed by atoms with Gasteiger partial charge in [-0.05, 0) is 28.1 Å². The van der Waals surface area contributed by atoms with Gasteiger partial charge < -0.3 is 10.5 Å². The average Bonchev–Trinajstić information content (AvgIpc) is 2.31. The van der Waals surface area contributed by atoms with Crippen molar-refractivity contribution in [2.75, 3.05) is 12.8 Å². The van der Waals surface area contributed by atoms with Crippen molar-refractivity contribution >= 4 is 33.6 Å². The fourth-order valence-corrected chi connectivity index (χ4v) is 2.58. The molecule has 0 aliphatic rings. The molecule has 0 unspecified atom stereocenters. The minimum absolute atomic E-state index is 0.207. The van der Waals surface area contributed by atoms with Crippen molar-refractivity contribution in [1.29, 1.82) is 0 Å². The Morgan fingerprint density at radius 2 is 2.06 bits per heavy atom. The number of benzene rings is 1. The summed E-state index contributed by atoms with van der Waals surface area (Å²) in [5.74, 6) is 0.672. The predicted molar refractivity (Wildman–Crippen MR) is 71.3 cm³/mol. The van der Waals surface area contributed by atoms with E-state index in [0.29, 0.717) is 5.88 Å². The van der Waals surface area contributed by atoms with Crippen LogP contribution in [0.2, 0.25) is 0 Å². The van der Waals surface area contributed by atoms with Crippen LogP contribution in [-0.4, -0.2) is 17.1 Å². The molecule has 0 spiro atoms. The van der Waals surface area contributed by atoms with E-state index in [4.69, 9.17) is 10.5 Å². The van der Waals surface area contributed by atoms with E-state index in [1.165, 1.54) is 11.8 Å². The van der Waals surface area contributed by atoms with Crippen LogP contribution in [-0.2, 0) is 0 Å². The number of hydrogen-bond acceptors (Lipinski definition) is 5. The summed E-state index contributed by atoms with van der Waals surface area (Å²) in [6.07, 6.45) is 0. The molecule has 0 bridgehead atoms. The van der Waals surface area contributed by atoms with Gasteiger partial charge in [-0.15, -0.1) is 0 Å². The molecular weight excluding hydrogens is 302 g/mol. The second-order valence-electron chi connectivity index (χ2n) is 3.14. The summed E-state index contributed by atoms with van der Waals surface area (Å²) < 4.78 is 6.06. The molecule has 2 rings (SSSR count). The highest BCUT2D eigenvalue weighted by atomic mass is 79.9. The molecule has 1 heterocycles. The summed E-state index contributed by atoms with van der Waals surface area (Å²) >= 11 is 4.98. The van der Waals surface area contributed by atoms with Gasteiger partial charge in [0.25, 0.3) is 0 Å². The van der Waals surface area contributed by atoms with Gasteiger partial charge in [0, 0.05) is 15.4 Å². The lowest BCUT2D eigenvalue weighted by Gasteiger charge is -2.05. The summed E-state index contributed by atoms with van der Waals surface area (Å²) in [7, 11) is 1.55. The monoisotopic (exact) mass is 311 g/mol. The number of ether oxygens (including phenoxy) is 1. The van der Waals surface area contributed by atoms with E-state index < -0.39 is 0 Å². The Morgan fingerprint density at radius 1 is 1.29 bits per heavy atom. The smallest absolute Gasteiger partial charge is 0.224 e. The summed E-state index contributed by atoms with van der Waals surface area (Å²) in [6, 6.07) is 9.65. The molecule has 0 radical (unpaired) electrons. The molecule has 4 nitrogen and oxygen atoms in total. The van der Waals surface area contributed by atoms with Crippen molar-refractivity contribution in [3.8, 4) is 5.88 Å². The number of nitrogen functional groups attached to an aromatic ring is 1. The Labute approximate surface area is 112 Å². The molecule has 6 heteroatoms. The van der Waals surface area contributed by atoms with Crippen LogP contribution in [0.25, 0.3) is 0 Å². The van der Waals surface area contributed by atoms with E-state index in [9.17, 15) is 0 Å². The molecule has 0 aliphatic carbocycles. The molecule has 0 fully saturated rings. The van der Waals surface area contributed by atoms with Gasteiger partial charge in [-0.25, -0.2) is 4.98 Å². The topological polar surface area (TPSA) is 61.0 Å². The first-order valence-electron chi connectivity index (χ1n) is 4.80. The van der Waals surface area contributed by atoms with Gasteiger partial charge in [-0.1, -0.05) is 23.9 Å². The van der Waals surface area contributed by atoms with E-state index in [-0.39, 0.29) is 5.95 Å². The van der Waals surface area contributed by atoms with Crippen LogP contribution in [0, 0.1) is 0 Å². The maximum absolute atomic E-state index is 5.60. The SMILES string of the molecule is COc1cc(Sc2ccccc2Br)nc(N)n1. The summed E-state index contributed by atoms with van der Waals surface area (Å²) in [5, 5.41) is 0.751. The number of hydrogen-bond donors (Lipinski definition) is 1. The quantitative estimate of drug-likeness (QED) is 0.883. The third kappa shape index (κ3) is 3.10. The van der Waals surface area contributed by atoms with E-state index in [1.54, 1.807) is 13.2 Å². The summed E-state index contributed by atoms with van der Waals surface area (Å²) in [4.78, 5) is 9.15. The Bertz CT molecular complexity index is 536. The van der Waals surface area contributed by atoms with E-state index in [2.05, 4.69) is 25.9 Å². The lowest BCUT2D eigenvalue weighted by molar-refractivity contribution is 0.396. The molecule has 1 aromatic carbocycles. The molecular formula is C11H10BrN3OS. The zero-order chi connectivity index (χ0) is 12.3. The first kappa shape index (κ1) is 12.2. The van der Waals surface area contributed by atoms with Crippen molar-refractivity contribution in [3.63, 3.8) is 0 Å². The Balaban J connectivity index is 2.30. The molecule has 0 saturated heterocycles. The van der Waals surface area contributed by atoms with Crippen LogP contribution >= 0.6 is 27.7 Å². The summed E-state index contributed by atoms with van der Waals surface area (Å²) in [6.45, 7) is 0. The van der Waals surface area contributed by atoms with Gasteiger partial charge in [-0.3, -0.25) is 0 Å². The molecule has 2 N–H and O–H groups in total. The van der Waals surface area contributed by atoms with Crippen LogP contribution in [0.3, 0.4) is 0 Å². The van der Waals surface area contributed by atoms with Crippen molar-refractivity contribution in [2.45, 2.75) is 9.92 Å². The van der Waals surface area contributed by atoms with Crippen LogP contribution in [0.4, 0.5) is 5.95 Å². The van der Waals surface area contributed by atoms with Gasteiger partial charge in [0.2, 0.25) is 11.8 Å². The molecule has 17 heavy (non-hydrogen) atoms. The fraction of sp³-hybridized carbons (Fsp3) is 0.0909. The Kier molecular flexibility index (Phi) is 3.86. The highest BCUT2D eigenvalue weighted by Crippen LogP contribution is 2.33. The maximum Gasteiger partial charge on any atom is 0.224 e. The zero-order valence-electron chi connectivity index (χ0n) is 9.05. The normalized spacial score (nSPS) is 10.2. The first-order chi connectivity index (χ1) is 8.19. The molecule has 2 aromatic rings. The van der Waals surface area contributed by atoms with E-state index in [0.717, 1.165) is 14.4 Å². The highest BCUT2D eigenvalue weighted by Gasteiger charge is 2.06. The van der Waals surface area contributed by atoms with Crippen LogP contribution in [0.1, 0.15) is 0 Å². The summed E-state index contributed by atoms with van der Waals surface area (Å²) in [5.41, 5.74) is 5.60. The van der Waals surface area contributed by atoms with Crippen molar-refractivity contribution in [2.24, 2.45) is 0 Å². The number of rotatable bonds is 3. The second kappa shape index (κ2) is 5.37. The third-order valence-electron chi connectivity index (χ3n) is 1.96. The highest BCUT2D eigenvalue weighted by molar-refractivity contribution is 9.10. The Hall–Kier alpha value is -1.27. The van der Waals surface area contributed by atoms with Crippen LogP contribution < -0.4 is 10.5 Å². The lowest BCUT2D eigenvalue weighted by atomic mass is 10.4. The number of aromatic nitrogens is 2. The van der Waals surface area contributed by atoms with Gasteiger partial charge in [0.05, 0.1) is 7.11 Å². The van der Waals surface area contributed by atoms with Crippen LogP contribution in [0.5, 0.6) is 5.88 Å². The zero-order valence-corrected chi connectivity index (χ0v) is 11.5. The predicted octanol–water partition coefficient (Wildman–Crippen LogP) is 2.98. The van der Waals surface area contributed by atoms with E-state index in [1.807, 2.05) is 24.3 Å². The first-order valence-corrected chi connectivity index (χ1v) is 6.41. The molecule has 0 atom stereocenters. The number of methoxy groups -OCH3 is 1. The molecule has 0 saturated carbocycles. The second-order valence-corrected chi connectivity index (χ2v) is 5.06. The molecule has 88 valence electrons. The molecule has 1 aromatic heterocycles. The third-order valence-corrected chi connectivity index (χ3v) is 3.90. The van der Waals surface area contributed by atoms with Crippen molar-refractivity contribution < 1.29 is 4.74 Å². The number of halogens is 1. The maximum atomic E-state index is 5.60. The standard InChI is InChI=1S/C11H10BrN3OS/c1-16-9-6-10(15-11(13)14-9)17-8-5-3-2-4-7(8)12/h2-6H,1H3,(H2,13,14,15). The lowest BCUT2D eigenvalue weighted by Crippen LogP contribution is -1.98. The van der Waals surface area contributed by atoms with Gasteiger partial charge in [0.15, 0.2) is 0 Å². The number of nitrogens with zero attached hydrogens (tertiary/aromatic N) is 2. The number of nitrogens with two attached hydrogens (primary N) is 1. The number of anilines is 1. The van der Waals surface area contributed by atoms with E-state index >= 15 is 0 Å². The minimum atomic E-state index is 0.207.